The number of hydrogen-bond donors (Lipinski definition) is 0. The molecular weight excluding hydrogens is 232 g/mol. The molecule has 1 unspecified atom stereocenters. The van der Waals surface area contributed by atoms with Crippen molar-refractivity contribution in [3.05, 3.63) is 35.9 Å². The van der Waals surface area contributed by atoms with E-state index in [1.807, 2.05) is 18.2 Å². The smallest absolute Gasteiger partial charge is 0.0434 e. The minimum atomic E-state index is 0.327. The highest BCUT2D eigenvalue weighted by Gasteiger charge is 2.04. The third-order valence-electron chi connectivity index (χ3n) is 1.66. The number of rotatable bonds is 3. The maximum Gasteiger partial charge on any atom is 0.0434 e. The molecular formula is C10H11BrS. The second-order valence-corrected chi connectivity index (χ2v) is 4.64. The molecule has 0 aliphatic carbocycles. The first-order valence-corrected chi connectivity index (χ1v) is 5.23. The third kappa shape index (κ3) is 3.03. The maximum absolute atomic E-state index is 5.21. The average molecular weight is 243 g/mol. The van der Waals surface area contributed by atoms with Gasteiger partial charge in [0, 0.05) is 16.1 Å². The molecule has 0 saturated heterocycles. The fraction of sp³-hybridized carbons (Fsp3) is 0.300. The van der Waals surface area contributed by atoms with Crippen molar-refractivity contribution in [3.8, 4) is 0 Å². The third-order valence-corrected chi connectivity index (χ3v) is 3.02. The van der Waals surface area contributed by atoms with E-state index in [-0.39, 0.29) is 0 Å². The number of alkyl halides is 1. The van der Waals surface area contributed by atoms with Gasteiger partial charge >= 0.3 is 0 Å². The molecule has 1 aromatic carbocycles. The summed E-state index contributed by atoms with van der Waals surface area (Å²) >= 11 is 8.67. The zero-order chi connectivity index (χ0) is 8.97. The Hall–Kier alpha value is -0.210. The van der Waals surface area contributed by atoms with Crippen molar-refractivity contribution in [1.29, 1.82) is 0 Å². The zero-order valence-corrected chi connectivity index (χ0v) is 9.36. The molecule has 1 rings (SSSR count). The van der Waals surface area contributed by atoms with E-state index in [1.165, 1.54) is 5.56 Å². The summed E-state index contributed by atoms with van der Waals surface area (Å²) in [5.74, 6) is 0. The Morgan fingerprint density at radius 1 is 1.42 bits per heavy atom. The summed E-state index contributed by atoms with van der Waals surface area (Å²) < 4.78 is 0. The van der Waals surface area contributed by atoms with Gasteiger partial charge in [-0.15, -0.1) is 0 Å². The van der Waals surface area contributed by atoms with Crippen LogP contribution in [0.15, 0.2) is 30.3 Å². The van der Waals surface area contributed by atoms with Crippen LogP contribution in [-0.4, -0.2) is 9.69 Å². The second kappa shape index (κ2) is 4.73. The minimum absolute atomic E-state index is 0.327. The van der Waals surface area contributed by atoms with Crippen molar-refractivity contribution in [3.63, 3.8) is 0 Å². The molecule has 0 aliphatic rings. The fourth-order valence-electron chi connectivity index (χ4n) is 0.938. The first-order valence-electron chi connectivity index (χ1n) is 3.91. The van der Waals surface area contributed by atoms with E-state index in [1.54, 1.807) is 0 Å². The SMILES string of the molecule is CC(Br)C(=S)Cc1ccccc1. The molecule has 0 nitrogen and oxygen atoms in total. The van der Waals surface area contributed by atoms with Gasteiger partial charge in [0.05, 0.1) is 0 Å². The fourth-order valence-corrected chi connectivity index (χ4v) is 1.27. The molecule has 0 spiro atoms. The molecule has 2 heteroatoms. The summed E-state index contributed by atoms with van der Waals surface area (Å²) in [5.41, 5.74) is 1.29. The van der Waals surface area contributed by atoms with Gasteiger partial charge < -0.3 is 0 Å². The summed E-state index contributed by atoms with van der Waals surface area (Å²) in [6, 6.07) is 10.3. The zero-order valence-electron chi connectivity index (χ0n) is 6.96. The highest BCUT2D eigenvalue weighted by atomic mass is 79.9. The molecule has 64 valence electrons. The summed E-state index contributed by atoms with van der Waals surface area (Å²) in [5, 5.41) is 0. The average Bonchev–Trinajstić information content (AvgIpc) is 2.06. The number of halogens is 1. The first kappa shape index (κ1) is 9.87. The van der Waals surface area contributed by atoms with Crippen LogP contribution in [0.25, 0.3) is 0 Å². The summed E-state index contributed by atoms with van der Waals surface area (Å²) in [7, 11) is 0. The van der Waals surface area contributed by atoms with Crippen LogP contribution in [-0.2, 0) is 6.42 Å². The monoisotopic (exact) mass is 242 g/mol. The van der Waals surface area contributed by atoms with E-state index < -0.39 is 0 Å². The molecule has 0 saturated carbocycles. The lowest BCUT2D eigenvalue weighted by Crippen LogP contribution is -2.09. The van der Waals surface area contributed by atoms with Crippen LogP contribution in [0.4, 0.5) is 0 Å². The maximum atomic E-state index is 5.21. The van der Waals surface area contributed by atoms with E-state index in [0.29, 0.717) is 4.83 Å². The van der Waals surface area contributed by atoms with Crippen molar-refractivity contribution in [2.24, 2.45) is 0 Å². The molecule has 0 heterocycles. The molecule has 0 aliphatic heterocycles. The van der Waals surface area contributed by atoms with Gasteiger partial charge in [-0.3, -0.25) is 0 Å². The Morgan fingerprint density at radius 2 is 2.00 bits per heavy atom. The molecule has 0 amide bonds. The largest absolute Gasteiger partial charge is 0.0881 e. The first-order chi connectivity index (χ1) is 5.70. The lowest BCUT2D eigenvalue weighted by molar-refractivity contribution is 1.25. The number of benzene rings is 1. The van der Waals surface area contributed by atoms with E-state index in [0.717, 1.165) is 11.3 Å². The van der Waals surface area contributed by atoms with Crippen molar-refractivity contribution < 1.29 is 0 Å². The van der Waals surface area contributed by atoms with Gasteiger partial charge in [-0.25, -0.2) is 0 Å². The van der Waals surface area contributed by atoms with Crippen LogP contribution in [0.5, 0.6) is 0 Å². The predicted molar refractivity (Wildman–Crippen MR) is 61.1 cm³/mol. The molecule has 1 aromatic rings. The Kier molecular flexibility index (Phi) is 3.89. The summed E-state index contributed by atoms with van der Waals surface area (Å²) in [4.78, 5) is 1.38. The molecule has 0 N–H and O–H groups in total. The standard InChI is InChI=1S/C10H11BrS/c1-8(11)10(12)7-9-5-3-2-4-6-9/h2-6,8H,7H2,1H3. The Morgan fingerprint density at radius 3 is 2.50 bits per heavy atom. The van der Waals surface area contributed by atoms with E-state index >= 15 is 0 Å². The van der Waals surface area contributed by atoms with Crippen molar-refractivity contribution in [2.75, 3.05) is 0 Å². The van der Waals surface area contributed by atoms with Gasteiger partial charge in [0.15, 0.2) is 0 Å². The van der Waals surface area contributed by atoms with Crippen molar-refractivity contribution in [1.82, 2.24) is 0 Å². The Balaban J connectivity index is 2.59. The van der Waals surface area contributed by atoms with Gasteiger partial charge in [0.2, 0.25) is 0 Å². The van der Waals surface area contributed by atoms with E-state index in [4.69, 9.17) is 12.2 Å². The van der Waals surface area contributed by atoms with Crippen LogP contribution in [0.3, 0.4) is 0 Å². The molecule has 0 aromatic heterocycles. The molecule has 0 radical (unpaired) electrons. The van der Waals surface area contributed by atoms with Crippen LogP contribution in [0.2, 0.25) is 0 Å². The van der Waals surface area contributed by atoms with Crippen LogP contribution >= 0.6 is 28.1 Å². The summed E-state index contributed by atoms with van der Waals surface area (Å²) in [6.45, 7) is 2.06. The van der Waals surface area contributed by atoms with Gasteiger partial charge in [0.25, 0.3) is 0 Å². The van der Waals surface area contributed by atoms with Gasteiger partial charge in [-0.1, -0.05) is 58.5 Å². The topological polar surface area (TPSA) is 0 Å². The highest BCUT2D eigenvalue weighted by Crippen LogP contribution is 2.08. The normalized spacial score (nSPS) is 12.5. The molecule has 12 heavy (non-hydrogen) atoms. The molecule has 1 atom stereocenters. The van der Waals surface area contributed by atoms with Gasteiger partial charge in [0.1, 0.15) is 0 Å². The highest BCUT2D eigenvalue weighted by molar-refractivity contribution is 9.10. The van der Waals surface area contributed by atoms with Crippen molar-refractivity contribution in [2.45, 2.75) is 18.2 Å². The quantitative estimate of drug-likeness (QED) is 0.579. The van der Waals surface area contributed by atoms with Crippen LogP contribution in [0.1, 0.15) is 12.5 Å². The van der Waals surface area contributed by atoms with Crippen LogP contribution < -0.4 is 0 Å². The van der Waals surface area contributed by atoms with Gasteiger partial charge in [-0.2, -0.15) is 0 Å². The lowest BCUT2D eigenvalue weighted by atomic mass is 10.1. The number of thiocarbonyl (C=S) groups is 1. The van der Waals surface area contributed by atoms with Crippen molar-refractivity contribution >= 4 is 33.0 Å². The Labute approximate surface area is 87.1 Å². The second-order valence-electron chi connectivity index (χ2n) is 2.74. The van der Waals surface area contributed by atoms with Crippen LogP contribution in [0, 0.1) is 0 Å². The van der Waals surface area contributed by atoms with E-state index in [9.17, 15) is 0 Å². The van der Waals surface area contributed by atoms with E-state index in [2.05, 4.69) is 35.0 Å². The summed E-state index contributed by atoms with van der Waals surface area (Å²) in [6.07, 6.45) is 0.891. The number of hydrogen-bond acceptors (Lipinski definition) is 1. The Bertz CT molecular complexity index is 254. The lowest BCUT2D eigenvalue weighted by Gasteiger charge is -2.04. The molecule has 0 bridgehead atoms. The van der Waals surface area contributed by atoms with Gasteiger partial charge in [-0.05, 0) is 12.5 Å². The molecule has 0 fully saturated rings. The predicted octanol–water partition coefficient (Wildman–Crippen LogP) is 3.38. The minimum Gasteiger partial charge on any atom is -0.0881 e.